The lowest BCUT2D eigenvalue weighted by Crippen LogP contribution is -2.41. The minimum absolute atomic E-state index is 0.0846. The Kier molecular flexibility index (Phi) is 8.75. The molecular formula is C33H33N3O7. The molecule has 0 radical (unpaired) electrons. The van der Waals surface area contributed by atoms with Crippen molar-refractivity contribution in [3.05, 3.63) is 99.4 Å². The van der Waals surface area contributed by atoms with Crippen LogP contribution in [0.5, 0.6) is 0 Å². The van der Waals surface area contributed by atoms with Gasteiger partial charge >= 0.3 is 17.7 Å². The number of aliphatic carboxylic acids is 1. The summed E-state index contributed by atoms with van der Waals surface area (Å²) in [5.41, 5.74) is 11.3. The van der Waals surface area contributed by atoms with Crippen LogP contribution in [0.25, 0.3) is 22.1 Å². The first-order chi connectivity index (χ1) is 20.7. The molecule has 5 N–H and O–H groups in total. The number of anilines is 1. The molecule has 1 aromatic heterocycles. The monoisotopic (exact) mass is 583 g/mol. The van der Waals surface area contributed by atoms with E-state index in [2.05, 4.69) is 10.6 Å². The fourth-order valence-electron chi connectivity index (χ4n) is 5.58. The van der Waals surface area contributed by atoms with E-state index in [1.54, 1.807) is 25.1 Å². The van der Waals surface area contributed by atoms with E-state index in [-0.39, 0.29) is 43.4 Å². The van der Waals surface area contributed by atoms with E-state index in [0.29, 0.717) is 35.1 Å². The van der Waals surface area contributed by atoms with Crippen LogP contribution in [0.2, 0.25) is 0 Å². The molecule has 10 heteroatoms. The molecule has 43 heavy (non-hydrogen) atoms. The Labute approximate surface area is 247 Å². The van der Waals surface area contributed by atoms with E-state index in [1.165, 1.54) is 0 Å². The predicted molar refractivity (Wildman–Crippen MR) is 162 cm³/mol. The standard InChI is InChI=1S/C33H33N3O7/c1-19-21-14-13-20(34)16-29(21)43-32(40)26(19)17-30(37)35-15-7-6-12-28(31(38)39)36-33(41)42-18-27-24-10-4-2-8-22(24)23-9-3-5-11-25(23)27/h2-5,8-11,13-14,16,27-28H,6-7,12,15,17-18,34H2,1H3,(H,35,37)(H,36,41)(H,38,39). The molecule has 0 spiro atoms. The van der Waals surface area contributed by atoms with Crippen molar-refractivity contribution in [1.29, 1.82) is 0 Å². The van der Waals surface area contributed by atoms with Crippen molar-refractivity contribution in [1.82, 2.24) is 10.6 Å². The van der Waals surface area contributed by atoms with E-state index in [4.69, 9.17) is 14.9 Å². The third-order valence-corrected chi connectivity index (χ3v) is 7.82. The summed E-state index contributed by atoms with van der Waals surface area (Å²) >= 11 is 0. The van der Waals surface area contributed by atoms with Crippen molar-refractivity contribution in [2.75, 3.05) is 18.9 Å². The summed E-state index contributed by atoms with van der Waals surface area (Å²) < 4.78 is 10.8. The Morgan fingerprint density at radius 2 is 1.67 bits per heavy atom. The third kappa shape index (κ3) is 6.53. The van der Waals surface area contributed by atoms with Crippen LogP contribution in [0, 0.1) is 6.92 Å². The van der Waals surface area contributed by atoms with Crippen LogP contribution < -0.4 is 22.0 Å². The molecule has 5 rings (SSSR count). The van der Waals surface area contributed by atoms with Gasteiger partial charge in [-0.05, 0) is 66.1 Å². The second kappa shape index (κ2) is 12.8. The van der Waals surface area contributed by atoms with Crippen molar-refractivity contribution in [2.24, 2.45) is 0 Å². The molecule has 4 aromatic rings. The van der Waals surface area contributed by atoms with Crippen LogP contribution in [0.4, 0.5) is 10.5 Å². The van der Waals surface area contributed by atoms with Crippen LogP contribution in [0.3, 0.4) is 0 Å². The number of rotatable bonds is 11. The van der Waals surface area contributed by atoms with Gasteiger partial charge < -0.3 is 30.6 Å². The highest BCUT2D eigenvalue weighted by Crippen LogP contribution is 2.44. The fraction of sp³-hybridized carbons (Fsp3) is 0.273. The van der Waals surface area contributed by atoms with Gasteiger partial charge in [-0.15, -0.1) is 0 Å². The van der Waals surface area contributed by atoms with Crippen molar-refractivity contribution < 1.29 is 28.6 Å². The number of amides is 2. The maximum Gasteiger partial charge on any atom is 0.407 e. The Balaban J connectivity index is 1.07. The number of hydrogen-bond donors (Lipinski definition) is 4. The molecule has 0 saturated heterocycles. The summed E-state index contributed by atoms with van der Waals surface area (Å²) in [6.07, 6.45) is 0.128. The fourth-order valence-corrected chi connectivity index (χ4v) is 5.58. The Morgan fingerprint density at radius 1 is 1.00 bits per heavy atom. The average molecular weight is 584 g/mol. The lowest BCUT2D eigenvalue weighted by molar-refractivity contribution is -0.139. The number of carboxylic acids is 1. The van der Waals surface area contributed by atoms with E-state index in [9.17, 15) is 24.3 Å². The maximum absolute atomic E-state index is 12.6. The highest BCUT2D eigenvalue weighted by Gasteiger charge is 2.29. The summed E-state index contributed by atoms with van der Waals surface area (Å²) in [4.78, 5) is 49.3. The van der Waals surface area contributed by atoms with Gasteiger partial charge in [0.05, 0.1) is 12.0 Å². The van der Waals surface area contributed by atoms with Gasteiger partial charge in [-0.3, -0.25) is 4.79 Å². The predicted octanol–water partition coefficient (Wildman–Crippen LogP) is 4.50. The SMILES string of the molecule is Cc1c(CC(=O)NCCCCC(NC(=O)OCC2c3ccccc3-c3ccccc32)C(=O)O)c(=O)oc2cc(N)ccc12. The number of benzene rings is 3. The van der Waals surface area contributed by atoms with Crippen LogP contribution >= 0.6 is 0 Å². The van der Waals surface area contributed by atoms with Gasteiger partial charge in [0.25, 0.3) is 0 Å². The Morgan fingerprint density at radius 3 is 2.35 bits per heavy atom. The van der Waals surface area contributed by atoms with Crippen LogP contribution in [0.1, 0.15) is 47.4 Å². The van der Waals surface area contributed by atoms with Crippen molar-refractivity contribution in [3.63, 3.8) is 0 Å². The molecule has 0 fully saturated rings. The third-order valence-electron chi connectivity index (χ3n) is 7.82. The molecule has 1 atom stereocenters. The second-order valence-electron chi connectivity index (χ2n) is 10.6. The molecule has 0 bridgehead atoms. The summed E-state index contributed by atoms with van der Waals surface area (Å²) in [5, 5.41) is 15.5. The van der Waals surface area contributed by atoms with Crippen LogP contribution in [0.15, 0.2) is 75.9 Å². The molecular weight excluding hydrogens is 550 g/mol. The number of unbranched alkanes of at least 4 members (excludes halogenated alkanes) is 1. The molecule has 0 saturated carbocycles. The highest BCUT2D eigenvalue weighted by atomic mass is 16.5. The average Bonchev–Trinajstić information content (AvgIpc) is 3.30. The summed E-state index contributed by atoms with van der Waals surface area (Å²) in [5.74, 6) is -1.65. The van der Waals surface area contributed by atoms with Gasteiger partial charge in [0, 0.05) is 29.6 Å². The summed E-state index contributed by atoms with van der Waals surface area (Å²) in [7, 11) is 0. The van der Waals surface area contributed by atoms with Crippen molar-refractivity contribution in [2.45, 2.75) is 44.6 Å². The minimum atomic E-state index is -1.17. The molecule has 3 aromatic carbocycles. The molecule has 2 amide bonds. The topological polar surface area (TPSA) is 161 Å². The molecule has 0 aliphatic heterocycles. The smallest absolute Gasteiger partial charge is 0.407 e. The number of nitrogens with two attached hydrogens (primary N) is 1. The van der Waals surface area contributed by atoms with Crippen molar-refractivity contribution in [3.8, 4) is 11.1 Å². The number of hydrogen-bond acceptors (Lipinski definition) is 7. The number of aryl methyl sites for hydroxylation is 1. The quantitative estimate of drug-likeness (QED) is 0.114. The van der Waals surface area contributed by atoms with Crippen LogP contribution in [-0.2, 0) is 20.7 Å². The number of alkyl carbamates (subject to hydrolysis) is 1. The molecule has 1 aliphatic carbocycles. The van der Waals surface area contributed by atoms with Gasteiger partial charge in [-0.1, -0.05) is 48.5 Å². The molecule has 1 heterocycles. The molecule has 1 unspecified atom stereocenters. The lowest BCUT2D eigenvalue weighted by atomic mass is 9.98. The molecule has 222 valence electrons. The van der Waals surface area contributed by atoms with E-state index < -0.39 is 23.7 Å². The zero-order chi connectivity index (χ0) is 30.5. The number of fused-ring (bicyclic) bond motifs is 4. The van der Waals surface area contributed by atoms with Crippen LogP contribution in [-0.4, -0.2) is 42.3 Å². The van der Waals surface area contributed by atoms with E-state index >= 15 is 0 Å². The first-order valence-corrected chi connectivity index (χ1v) is 14.2. The van der Waals surface area contributed by atoms with Gasteiger partial charge in [-0.25, -0.2) is 14.4 Å². The Bertz CT molecular complexity index is 1700. The molecule has 1 aliphatic rings. The number of carbonyl (C=O) groups excluding carboxylic acids is 2. The first-order valence-electron chi connectivity index (χ1n) is 14.2. The highest BCUT2D eigenvalue weighted by molar-refractivity contribution is 5.86. The number of carbonyl (C=O) groups is 3. The van der Waals surface area contributed by atoms with Gasteiger partial charge in [0.1, 0.15) is 18.2 Å². The maximum atomic E-state index is 12.6. The van der Waals surface area contributed by atoms with Gasteiger partial charge in [-0.2, -0.15) is 0 Å². The number of nitrogens with one attached hydrogen (secondary N) is 2. The zero-order valence-corrected chi connectivity index (χ0v) is 23.7. The Hall–Kier alpha value is -5.12. The summed E-state index contributed by atoms with van der Waals surface area (Å²) in [6, 6.07) is 19.8. The second-order valence-corrected chi connectivity index (χ2v) is 10.6. The number of carboxylic acid groups (broad SMARTS) is 1. The van der Waals surface area contributed by atoms with Crippen molar-refractivity contribution >= 4 is 34.6 Å². The largest absolute Gasteiger partial charge is 0.480 e. The normalized spacial score (nSPS) is 12.8. The zero-order valence-electron chi connectivity index (χ0n) is 23.7. The number of nitrogen functional groups attached to an aromatic ring is 1. The first kappa shape index (κ1) is 29.4. The van der Waals surface area contributed by atoms with E-state index in [0.717, 1.165) is 22.3 Å². The number of ether oxygens (including phenoxy) is 1. The van der Waals surface area contributed by atoms with E-state index in [1.807, 2.05) is 48.5 Å². The van der Waals surface area contributed by atoms with Gasteiger partial charge in [0.15, 0.2) is 0 Å². The minimum Gasteiger partial charge on any atom is -0.480 e. The summed E-state index contributed by atoms with van der Waals surface area (Å²) in [6.45, 7) is 2.12. The molecule has 10 nitrogen and oxygen atoms in total. The van der Waals surface area contributed by atoms with Gasteiger partial charge in [0.2, 0.25) is 5.91 Å². The lowest BCUT2D eigenvalue weighted by Gasteiger charge is -2.17.